The molecule has 4 N–H and O–H groups in total. The summed E-state index contributed by atoms with van der Waals surface area (Å²) in [4.78, 5) is 23.8. The van der Waals surface area contributed by atoms with Crippen molar-refractivity contribution in [2.45, 2.75) is 19.6 Å². The number of amides is 2. The molecule has 1 unspecified atom stereocenters. The normalized spacial score (nSPS) is 11.9. The largest absolute Gasteiger partial charge is 0.487 e. The van der Waals surface area contributed by atoms with Crippen LogP contribution in [-0.4, -0.2) is 39.8 Å². The lowest BCUT2D eigenvalue weighted by atomic mass is 10.1. The van der Waals surface area contributed by atoms with Crippen LogP contribution in [0, 0.1) is 6.92 Å². The molecule has 3 rings (SSSR count). The summed E-state index contributed by atoms with van der Waals surface area (Å²) in [5.41, 5.74) is 6.54. The van der Waals surface area contributed by atoms with Crippen LogP contribution in [-0.2, 0) is 11.4 Å². The first-order valence-corrected chi connectivity index (χ1v) is 8.13. The fraction of sp³-hybridized carbons (Fsp3) is 0.222. The fourth-order valence-electron chi connectivity index (χ4n) is 2.58. The third-order valence-corrected chi connectivity index (χ3v) is 3.91. The van der Waals surface area contributed by atoms with Crippen molar-refractivity contribution in [3.63, 3.8) is 0 Å². The minimum atomic E-state index is -1.18. The highest BCUT2D eigenvalue weighted by Gasteiger charge is 2.23. The Labute approximate surface area is 154 Å². The number of carbonyl (C=O) groups is 2. The quantitative estimate of drug-likeness (QED) is 0.555. The standard InChI is InChI=1S/C18H18N4O5/c1-10-16(18(25)21-14(8-23)17(19)24)13-7-12(4-5-15(13)27-10)26-9-11-3-2-6-20-22-11/h2-7,14,23H,8-9H2,1H3,(H2,19,24)(H,21,25). The lowest BCUT2D eigenvalue weighted by Gasteiger charge is -2.12. The molecule has 1 aromatic carbocycles. The molecule has 0 aliphatic heterocycles. The monoisotopic (exact) mass is 370 g/mol. The van der Waals surface area contributed by atoms with Gasteiger partial charge >= 0.3 is 0 Å². The van der Waals surface area contributed by atoms with E-state index in [0.717, 1.165) is 0 Å². The molecule has 0 aliphatic carbocycles. The molecular formula is C18H18N4O5. The predicted molar refractivity (Wildman–Crippen MR) is 94.8 cm³/mol. The Balaban J connectivity index is 1.86. The number of aryl methyl sites for hydroxylation is 1. The summed E-state index contributed by atoms with van der Waals surface area (Å²) in [6.45, 7) is 1.25. The molecule has 0 spiro atoms. The summed E-state index contributed by atoms with van der Waals surface area (Å²) in [6, 6.07) is 7.41. The first-order valence-electron chi connectivity index (χ1n) is 8.13. The third kappa shape index (κ3) is 4.04. The number of hydrogen-bond acceptors (Lipinski definition) is 7. The molecule has 0 bridgehead atoms. The molecule has 0 saturated heterocycles. The molecule has 0 radical (unpaired) electrons. The second kappa shape index (κ2) is 7.83. The highest BCUT2D eigenvalue weighted by Crippen LogP contribution is 2.29. The van der Waals surface area contributed by atoms with Gasteiger partial charge in [-0.3, -0.25) is 9.59 Å². The van der Waals surface area contributed by atoms with E-state index < -0.39 is 24.5 Å². The van der Waals surface area contributed by atoms with Gasteiger partial charge in [-0.05, 0) is 37.3 Å². The van der Waals surface area contributed by atoms with Crippen molar-refractivity contribution in [1.29, 1.82) is 0 Å². The van der Waals surface area contributed by atoms with E-state index >= 15 is 0 Å². The van der Waals surface area contributed by atoms with E-state index in [-0.39, 0.29) is 12.2 Å². The van der Waals surface area contributed by atoms with Gasteiger partial charge in [-0.15, -0.1) is 0 Å². The van der Waals surface area contributed by atoms with Gasteiger partial charge in [0.05, 0.1) is 12.2 Å². The summed E-state index contributed by atoms with van der Waals surface area (Å²) in [5.74, 6) is -0.522. The van der Waals surface area contributed by atoms with Crippen LogP contribution in [0.1, 0.15) is 21.8 Å². The molecule has 0 saturated carbocycles. The Morgan fingerprint density at radius 2 is 2.19 bits per heavy atom. The van der Waals surface area contributed by atoms with Crippen LogP contribution in [0.25, 0.3) is 11.0 Å². The summed E-state index contributed by atoms with van der Waals surface area (Å²) < 4.78 is 11.3. The molecule has 9 heteroatoms. The second-order valence-corrected chi connectivity index (χ2v) is 5.81. The Hall–Kier alpha value is -3.46. The fourth-order valence-corrected chi connectivity index (χ4v) is 2.58. The van der Waals surface area contributed by atoms with Crippen LogP contribution < -0.4 is 15.8 Å². The molecule has 1 atom stereocenters. The van der Waals surface area contributed by atoms with Crippen LogP contribution in [0.5, 0.6) is 5.75 Å². The smallest absolute Gasteiger partial charge is 0.256 e. The highest BCUT2D eigenvalue weighted by molar-refractivity contribution is 6.08. The van der Waals surface area contributed by atoms with Crippen LogP contribution >= 0.6 is 0 Å². The Morgan fingerprint density at radius 3 is 2.85 bits per heavy atom. The molecule has 0 aliphatic rings. The van der Waals surface area contributed by atoms with Gasteiger partial charge < -0.3 is 25.3 Å². The molecule has 140 valence electrons. The SMILES string of the molecule is Cc1oc2ccc(OCc3cccnn3)cc2c1C(=O)NC(CO)C(N)=O. The number of nitrogens with two attached hydrogens (primary N) is 1. The van der Waals surface area contributed by atoms with Crippen molar-refractivity contribution in [3.05, 3.63) is 53.5 Å². The average Bonchev–Trinajstić information content (AvgIpc) is 3.00. The first-order chi connectivity index (χ1) is 13.0. The van der Waals surface area contributed by atoms with Crippen molar-refractivity contribution >= 4 is 22.8 Å². The topological polar surface area (TPSA) is 141 Å². The van der Waals surface area contributed by atoms with Crippen LogP contribution in [0.3, 0.4) is 0 Å². The zero-order valence-electron chi connectivity index (χ0n) is 14.5. The lowest BCUT2D eigenvalue weighted by molar-refractivity contribution is -0.120. The van der Waals surface area contributed by atoms with E-state index in [9.17, 15) is 14.7 Å². The van der Waals surface area contributed by atoms with Crippen LogP contribution in [0.2, 0.25) is 0 Å². The van der Waals surface area contributed by atoms with Crippen molar-refractivity contribution in [1.82, 2.24) is 15.5 Å². The highest BCUT2D eigenvalue weighted by atomic mass is 16.5. The molecule has 2 amide bonds. The first kappa shape index (κ1) is 18.3. The van der Waals surface area contributed by atoms with Gasteiger partial charge in [0.2, 0.25) is 5.91 Å². The molecule has 27 heavy (non-hydrogen) atoms. The van der Waals surface area contributed by atoms with Gasteiger partial charge in [0, 0.05) is 11.6 Å². The van der Waals surface area contributed by atoms with E-state index in [1.54, 1.807) is 43.5 Å². The van der Waals surface area contributed by atoms with Gasteiger partial charge in [-0.1, -0.05) is 0 Å². The molecule has 9 nitrogen and oxygen atoms in total. The number of benzene rings is 1. The van der Waals surface area contributed by atoms with Crippen LogP contribution in [0.4, 0.5) is 0 Å². The maximum absolute atomic E-state index is 12.6. The molecule has 0 fully saturated rings. The van der Waals surface area contributed by atoms with Crippen LogP contribution in [0.15, 0.2) is 40.9 Å². The molecule has 2 heterocycles. The maximum atomic E-state index is 12.6. The lowest BCUT2D eigenvalue weighted by Crippen LogP contribution is -2.46. The summed E-state index contributed by atoms with van der Waals surface area (Å²) in [7, 11) is 0. The number of nitrogens with zero attached hydrogens (tertiary/aromatic N) is 2. The molecule has 3 aromatic rings. The van der Waals surface area contributed by atoms with E-state index in [1.165, 1.54) is 0 Å². The zero-order chi connectivity index (χ0) is 19.4. The zero-order valence-corrected chi connectivity index (χ0v) is 14.5. The number of carbonyl (C=O) groups excluding carboxylic acids is 2. The van der Waals surface area contributed by atoms with Crippen molar-refractivity contribution in [2.24, 2.45) is 5.73 Å². The Bertz CT molecular complexity index is 971. The van der Waals surface area contributed by atoms with E-state index in [4.69, 9.17) is 14.9 Å². The minimum Gasteiger partial charge on any atom is -0.487 e. The second-order valence-electron chi connectivity index (χ2n) is 5.81. The Kier molecular flexibility index (Phi) is 5.32. The van der Waals surface area contributed by atoms with E-state index in [1.807, 2.05) is 0 Å². The number of primary amides is 1. The average molecular weight is 370 g/mol. The molecular weight excluding hydrogens is 352 g/mol. The summed E-state index contributed by atoms with van der Waals surface area (Å²) >= 11 is 0. The van der Waals surface area contributed by atoms with E-state index in [0.29, 0.717) is 28.2 Å². The predicted octanol–water partition coefficient (Wildman–Crippen LogP) is 0.686. The van der Waals surface area contributed by atoms with Gasteiger partial charge in [0.25, 0.3) is 5.91 Å². The van der Waals surface area contributed by atoms with Gasteiger partial charge in [0.1, 0.15) is 35.4 Å². The number of fused-ring (bicyclic) bond motifs is 1. The van der Waals surface area contributed by atoms with Crippen molar-refractivity contribution < 1.29 is 23.8 Å². The van der Waals surface area contributed by atoms with Gasteiger partial charge in [-0.2, -0.15) is 10.2 Å². The van der Waals surface area contributed by atoms with E-state index in [2.05, 4.69) is 15.5 Å². The molecule has 2 aromatic heterocycles. The van der Waals surface area contributed by atoms with Crippen molar-refractivity contribution in [2.75, 3.05) is 6.61 Å². The van der Waals surface area contributed by atoms with Gasteiger partial charge in [0.15, 0.2) is 0 Å². The summed E-state index contributed by atoms with van der Waals surface area (Å²) in [6.07, 6.45) is 1.57. The number of ether oxygens (including phenoxy) is 1. The minimum absolute atomic E-state index is 0.214. The number of aliphatic hydroxyl groups excluding tert-OH is 1. The number of aromatic nitrogens is 2. The van der Waals surface area contributed by atoms with Gasteiger partial charge in [-0.25, -0.2) is 0 Å². The Morgan fingerprint density at radius 1 is 1.37 bits per heavy atom. The summed E-state index contributed by atoms with van der Waals surface area (Å²) in [5, 5.41) is 19.8. The number of aliphatic hydroxyl groups is 1. The number of rotatable bonds is 7. The van der Waals surface area contributed by atoms with Crippen molar-refractivity contribution in [3.8, 4) is 5.75 Å². The maximum Gasteiger partial charge on any atom is 0.256 e. The number of nitrogens with one attached hydrogen (secondary N) is 1. The number of furan rings is 1. The third-order valence-electron chi connectivity index (χ3n) is 3.91. The number of hydrogen-bond donors (Lipinski definition) is 3.